The van der Waals surface area contributed by atoms with Crippen molar-refractivity contribution in [2.45, 2.75) is 51.1 Å². The SMILES string of the molecule is CCC1(CC)C(=O)Nc2cc3c(cc21)NC(CCc1ccncc1)N3. The quantitative estimate of drug-likeness (QED) is 0.775. The van der Waals surface area contributed by atoms with Crippen molar-refractivity contribution in [3.05, 3.63) is 47.8 Å². The van der Waals surface area contributed by atoms with Gasteiger partial charge in [0, 0.05) is 18.1 Å². The lowest BCUT2D eigenvalue weighted by Crippen LogP contribution is -2.32. The molecular weight excluding hydrogens is 312 g/mol. The predicted octanol–water partition coefficient (Wildman–Crippen LogP) is 3.89. The summed E-state index contributed by atoms with van der Waals surface area (Å²) in [5.74, 6) is 0.130. The number of nitrogens with one attached hydrogen (secondary N) is 3. The molecule has 25 heavy (non-hydrogen) atoms. The van der Waals surface area contributed by atoms with Crippen LogP contribution in [0.25, 0.3) is 0 Å². The van der Waals surface area contributed by atoms with Crippen molar-refractivity contribution in [3.63, 3.8) is 0 Å². The molecular formula is C20H24N4O. The summed E-state index contributed by atoms with van der Waals surface area (Å²) < 4.78 is 0. The van der Waals surface area contributed by atoms with Gasteiger partial charge >= 0.3 is 0 Å². The first-order valence-corrected chi connectivity index (χ1v) is 9.08. The van der Waals surface area contributed by atoms with E-state index in [-0.39, 0.29) is 17.5 Å². The van der Waals surface area contributed by atoms with E-state index in [1.165, 1.54) is 5.56 Å². The molecule has 1 unspecified atom stereocenters. The number of aryl methyl sites for hydroxylation is 1. The van der Waals surface area contributed by atoms with Gasteiger partial charge in [0.15, 0.2) is 0 Å². The Bertz CT molecular complexity index is 799. The van der Waals surface area contributed by atoms with Gasteiger partial charge in [0.05, 0.1) is 23.0 Å². The highest BCUT2D eigenvalue weighted by Crippen LogP contribution is 2.47. The molecule has 0 spiro atoms. The molecule has 2 aliphatic rings. The summed E-state index contributed by atoms with van der Waals surface area (Å²) in [5, 5.41) is 10.2. The van der Waals surface area contributed by atoms with Crippen molar-refractivity contribution in [2.24, 2.45) is 0 Å². The lowest BCUT2D eigenvalue weighted by molar-refractivity contribution is -0.121. The highest BCUT2D eigenvalue weighted by Gasteiger charge is 2.44. The first kappa shape index (κ1) is 15.9. The Labute approximate surface area is 148 Å². The number of rotatable bonds is 5. The molecule has 1 atom stereocenters. The normalized spacial score (nSPS) is 19.6. The fourth-order valence-corrected chi connectivity index (χ4v) is 4.07. The van der Waals surface area contributed by atoms with Crippen LogP contribution in [0.15, 0.2) is 36.7 Å². The molecule has 5 nitrogen and oxygen atoms in total. The number of pyridine rings is 1. The van der Waals surface area contributed by atoms with E-state index in [1.807, 2.05) is 12.4 Å². The van der Waals surface area contributed by atoms with Crippen LogP contribution in [0.3, 0.4) is 0 Å². The van der Waals surface area contributed by atoms with E-state index in [2.05, 4.69) is 59.0 Å². The molecule has 2 aromatic rings. The number of aromatic nitrogens is 1. The van der Waals surface area contributed by atoms with Gasteiger partial charge in [-0.05, 0) is 61.1 Å². The van der Waals surface area contributed by atoms with E-state index in [4.69, 9.17) is 0 Å². The fraction of sp³-hybridized carbons (Fsp3) is 0.400. The van der Waals surface area contributed by atoms with Crippen molar-refractivity contribution in [1.29, 1.82) is 0 Å². The number of carbonyl (C=O) groups excluding carboxylic acids is 1. The molecule has 0 fully saturated rings. The van der Waals surface area contributed by atoms with Gasteiger partial charge in [0.25, 0.3) is 0 Å². The van der Waals surface area contributed by atoms with Crippen LogP contribution in [0, 0.1) is 0 Å². The number of anilines is 3. The zero-order valence-electron chi connectivity index (χ0n) is 14.7. The Balaban J connectivity index is 1.53. The molecule has 1 amide bonds. The van der Waals surface area contributed by atoms with Crippen LogP contribution in [-0.4, -0.2) is 17.1 Å². The number of benzene rings is 1. The van der Waals surface area contributed by atoms with Crippen LogP contribution in [-0.2, 0) is 16.6 Å². The van der Waals surface area contributed by atoms with E-state index in [1.54, 1.807) is 0 Å². The maximum Gasteiger partial charge on any atom is 0.235 e. The average Bonchev–Trinajstić information content (AvgIpc) is 3.15. The zero-order chi connectivity index (χ0) is 17.4. The largest absolute Gasteiger partial charge is 0.364 e. The molecule has 3 heterocycles. The van der Waals surface area contributed by atoms with Crippen molar-refractivity contribution in [3.8, 4) is 0 Å². The lowest BCUT2D eigenvalue weighted by Gasteiger charge is -2.24. The van der Waals surface area contributed by atoms with Crippen LogP contribution in [0.1, 0.15) is 44.2 Å². The minimum Gasteiger partial charge on any atom is -0.364 e. The van der Waals surface area contributed by atoms with Gasteiger partial charge in [-0.1, -0.05) is 13.8 Å². The van der Waals surface area contributed by atoms with Gasteiger partial charge in [-0.15, -0.1) is 0 Å². The molecule has 3 N–H and O–H groups in total. The molecule has 4 rings (SSSR count). The molecule has 1 aromatic carbocycles. The Morgan fingerprint density at radius 3 is 2.40 bits per heavy atom. The maximum atomic E-state index is 12.5. The molecule has 0 aliphatic carbocycles. The Morgan fingerprint density at radius 2 is 1.72 bits per heavy atom. The topological polar surface area (TPSA) is 66.0 Å². The molecule has 2 aliphatic heterocycles. The standard InChI is InChI=1S/C20H24N4O/c1-3-20(4-2)14-11-16-17(12-15(14)24-19(20)25)23-18(22-16)6-5-13-7-9-21-10-8-13/h7-12,18,22-23H,3-6H2,1-2H3,(H,24,25). The Kier molecular flexibility index (Phi) is 3.86. The number of nitrogens with zero attached hydrogens (tertiary/aromatic N) is 1. The van der Waals surface area contributed by atoms with Crippen molar-refractivity contribution < 1.29 is 4.79 Å². The van der Waals surface area contributed by atoms with Crippen molar-refractivity contribution in [1.82, 2.24) is 4.98 Å². The molecule has 0 saturated carbocycles. The number of carbonyl (C=O) groups is 1. The van der Waals surface area contributed by atoms with Crippen LogP contribution in [0.5, 0.6) is 0 Å². The summed E-state index contributed by atoms with van der Waals surface area (Å²) in [6.07, 6.45) is 7.50. The van der Waals surface area contributed by atoms with Gasteiger partial charge in [-0.25, -0.2) is 0 Å². The van der Waals surface area contributed by atoms with Crippen molar-refractivity contribution >= 4 is 23.0 Å². The number of amides is 1. The van der Waals surface area contributed by atoms with Gasteiger partial charge in [0.2, 0.25) is 5.91 Å². The molecule has 5 heteroatoms. The van der Waals surface area contributed by atoms with Gasteiger partial charge in [-0.2, -0.15) is 0 Å². The third-order valence-electron chi connectivity index (χ3n) is 5.69. The predicted molar refractivity (Wildman–Crippen MR) is 101 cm³/mol. The van der Waals surface area contributed by atoms with E-state index in [0.717, 1.165) is 48.3 Å². The maximum absolute atomic E-state index is 12.5. The monoisotopic (exact) mass is 336 g/mol. The Hall–Kier alpha value is -2.56. The van der Waals surface area contributed by atoms with E-state index < -0.39 is 0 Å². The molecule has 130 valence electrons. The molecule has 1 aromatic heterocycles. The van der Waals surface area contributed by atoms with Gasteiger partial charge in [-0.3, -0.25) is 9.78 Å². The smallest absolute Gasteiger partial charge is 0.235 e. The summed E-state index contributed by atoms with van der Waals surface area (Å²) >= 11 is 0. The minimum absolute atomic E-state index is 0.130. The molecule has 0 bridgehead atoms. The van der Waals surface area contributed by atoms with Gasteiger partial charge < -0.3 is 16.0 Å². The average molecular weight is 336 g/mol. The first-order valence-electron chi connectivity index (χ1n) is 9.08. The summed E-state index contributed by atoms with van der Waals surface area (Å²) in [7, 11) is 0. The second-order valence-corrected chi connectivity index (χ2v) is 6.92. The molecule has 0 radical (unpaired) electrons. The highest BCUT2D eigenvalue weighted by atomic mass is 16.2. The third kappa shape index (κ3) is 2.54. The lowest BCUT2D eigenvalue weighted by atomic mass is 9.77. The summed E-state index contributed by atoms with van der Waals surface area (Å²) in [4.78, 5) is 16.6. The number of hydrogen-bond acceptors (Lipinski definition) is 4. The number of fused-ring (bicyclic) bond motifs is 2. The van der Waals surface area contributed by atoms with E-state index >= 15 is 0 Å². The highest BCUT2D eigenvalue weighted by molar-refractivity contribution is 6.07. The van der Waals surface area contributed by atoms with Crippen LogP contribution in [0.2, 0.25) is 0 Å². The third-order valence-corrected chi connectivity index (χ3v) is 5.69. The first-order chi connectivity index (χ1) is 12.2. The van der Waals surface area contributed by atoms with Gasteiger partial charge in [0.1, 0.15) is 0 Å². The second-order valence-electron chi connectivity index (χ2n) is 6.92. The number of hydrogen-bond donors (Lipinski definition) is 3. The Morgan fingerprint density at radius 1 is 1.04 bits per heavy atom. The second kappa shape index (κ2) is 6.06. The van der Waals surface area contributed by atoms with Crippen LogP contribution < -0.4 is 16.0 Å². The summed E-state index contributed by atoms with van der Waals surface area (Å²) in [5.41, 5.74) is 5.16. The van der Waals surface area contributed by atoms with E-state index in [9.17, 15) is 4.79 Å². The minimum atomic E-state index is -0.388. The molecule has 0 saturated heterocycles. The fourth-order valence-electron chi connectivity index (χ4n) is 4.07. The van der Waals surface area contributed by atoms with Crippen molar-refractivity contribution in [2.75, 3.05) is 16.0 Å². The zero-order valence-corrected chi connectivity index (χ0v) is 14.7. The summed E-state index contributed by atoms with van der Waals surface area (Å²) in [6.45, 7) is 4.18. The summed E-state index contributed by atoms with van der Waals surface area (Å²) in [6, 6.07) is 8.36. The van der Waals surface area contributed by atoms with Crippen LogP contribution in [0.4, 0.5) is 17.1 Å². The van der Waals surface area contributed by atoms with Crippen LogP contribution >= 0.6 is 0 Å². The van der Waals surface area contributed by atoms with E-state index in [0.29, 0.717) is 0 Å².